The SMILES string of the molecule is COc1c(C)ccc(C(=O)Oc2ccc(C(=O)CNC(C)C)cc2OC(=O)CC(C)C)c1Cl. The Labute approximate surface area is 199 Å². The molecule has 0 unspecified atom stereocenters. The molecule has 33 heavy (non-hydrogen) atoms. The van der Waals surface area contributed by atoms with Crippen molar-refractivity contribution in [2.45, 2.75) is 47.1 Å². The van der Waals surface area contributed by atoms with Gasteiger partial charge in [-0.15, -0.1) is 0 Å². The summed E-state index contributed by atoms with van der Waals surface area (Å²) >= 11 is 6.32. The van der Waals surface area contributed by atoms with Crippen LogP contribution in [0.2, 0.25) is 5.02 Å². The Kier molecular flexibility index (Phi) is 9.44. The first-order valence-electron chi connectivity index (χ1n) is 10.7. The molecule has 2 aromatic rings. The highest BCUT2D eigenvalue weighted by atomic mass is 35.5. The Morgan fingerprint density at radius 2 is 1.70 bits per heavy atom. The zero-order chi connectivity index (χ0) is 24.7. The van der Waals surface area contributed by atoms with Gasteiger partial charge in [0.1, 0.15) is 5.75 Å². The molecular formula is C25H30ClNO6. The van der Waals surface area contributed by atoms with Gasteiger partial charge in [0.2, 0.25) is 0 Å². The normalized spacial score (nSPS) is 10.9. The first kappa shape index (κ1) is 26.4. The number of ketones is 1. The number of rotatable bonds is 10. The largest absolute Gasteiger partial charge is 0.495 e. The zero-order valence-corrected chi connectivity index (χ0v) is 20.5. The molecule has 0 amide bonds. The summed E-state index contributed by atoms with van der Waals surface area (Å²) in [4.78, 5) is 37.7. The first-order chi connectivity index (χ1) is 15.5. The number of methoxy groups -OCH3 is 1. The van der Waals surface area contributed by atoms with Crippen molar-refractivity contribution in [3.8, 4) is 17.2 Å². The molecule has 0 aliphatic carbocycles. The molecule has 7 nitrogen and oxygen atoms in total. The van der Waals surface area contributed by atoms with E-state index in [0.717, 1.165) is 5.56 Å². The molecule has 0 aromatic heterocycles. The Morgan fingerprint density at radius 1 is 1.00 bits per heavy atom. The fraction of sp³-hybridized carbons (Fsp3) is 0.400. The summed E-state index contributed by atoms with van der Waals surface area (Å²) in [6, 6.07) is 7.70. The first-order valence-corrected chi connectivity index (χ1v) is 11.1. The number of Topliss-reactive ketones (excluding diaryl/α,β-unsaturated/α-hetero) is 1. The lowest BCUT2D eigenvalue weighted by atomic mass is 10.1. The van der Waals surface area contributed by atoms with E-state index in [1.54, 1.807) is 13.0 Å². The van der Waals surface area contributed by atoms with E-state index >= 15 is 0 Å². The van der Waals surface area contributed by atoms with Crippen molar-refractivity contribution in [3.63, 3.8) is 0 Å². The monoisotopic (exact) mass is 475 g/mol. The number of hydrogen-bond donors (Lipinski definition) is 1. The second-order valence-corrected chi connectivity index (χ2v) is 8.74. The van der Waals surface area contributed by atoms with Gasteiger partial charge < -0.3 is 19.5 Å². The summed E-state index contributed by atoms with van der Waals surface area (Å²) in [6.07, 6.45) is 0.168. The lowest BCUT2D eigenvalue weighted by Gasteiger charge is -2.15. The molecule has 8 heteroatoms. The molecule has 0 radical (unpaired) electrons. The number of carbonyl (C=O) groups is 3. The van der Waals surface area contributed by atoms with Gasteiger partial charge in [-0.2, -0.15) is 0 Å². The molecule has 0 fully saturated rings. The maximum atomic E-state index is 12.8. The highest BCUT2D eigenvalue weighted by Gasteiger charge is 2.22. The quantitative estimate of drug-likeness (QED) is 0.293. The van der Waals surface area contributed by atoms with Crippen LogP contribution >= 0.6 is 11.6 Å². The molecule has 0 saturated heterocycles. The number of nitrogens with one attached hydrogen (secondary N) is 1. The number of carbonyl (C=O) groups excluding carboxylic acids is 3. The third kappa shape index (κ3) is 7.30. The standard InChI is InChI=1S/C25H30ClNO6/c1-14(2)11-22(29)32-21-12-17(19(28)13-27-15(3)4)8-10-20(21)33-25(30)18-9-7-16(5)24(31-6)23(18)26/h7-10,12,14-15,27H,11,13H2,1-6H3. The Bertz CT molecular complexity index is 1030. The molecule has 2 aromatic carbocycles. The number of halogens is 1. The maximum Gasteiger partial charge on any atom is 0.345 e. The summed E-state index contributed by atoms with van der Waals surface area (Å²) in [6.45, 7) is 9.55. The van der Waals surface area contributed by atoms with Crippen molar-refractivity contribution < 1.29 is 28.6 Å². The summed E-state index contributed by atoms with van der Waals surface area (Å²) in [5.41, 5.74) is 1.19. The van der Waals surface area contributed by atoms with Crippen LogP contribution < -0.4 is 19.5 Å². The fourth-order valence-electron chi connectivity index (χ4n) is 2.96. The lowest BCUT2D eigenvalue weighted by molar-refractivity contribution is -0.135. The third-order valence-corrected chi connectivity index (χ3v) is 5.03. The second-order valence-electron chi connectivity index (χ2n) is 8.36. The van der Waals surface area contributed by atoms with E-state index in [2.05, 4.69) is 5.32 Å². The average molecular weight is 476 g/mol. The fourth-order valence-corrected chi connectivity index (χ4v) is 3.32. The predicted molar refractivity (Wildman–Crippen MR) is 127 cm³/mol. The van der Waals surface area contributed by atoms with Crippen LogP contribution in [0.4, 0.5) is 0 Å². The number of aryl methyl sites for hydroxylation is 1. The summed E-state index contributed by atoms with van der Waals surface area (Å²) in [5, 5.41) is 3.17. The molecule has 0 atom stereocenters. The molecule has 0 aliphatic rings. The predicted octanol–water partition coefficient (Wildman–Crippen LogP) is 5.01. The van der Waals surface area contributed by atoms with Gasteiger partial charge in [-0.05, 0) is 42.7 Å². The topological polar surface area (TPSA) is 90.9 Å². The van der Waals surface area contributed by atoms with E-state index in [9.17, 15) is 14.4 Å². The van der Waals surface area contributed by atoms with Gasteiger partial charge in [-0.25, -0.2) is 4.79 Å². The van der Waals surface area contributed by atoms with Crippen molar-refractivity contribution in [3.05, 3.63) is 52.0 Å². The van der Waals surface area contributed by atoms with Crippen molar-refractivity contribution >= 4 is 29.3 Å². The molecule has 0 spiro atoms. The van der Waals surface area contributed by atoms with E-state index in [-0.39, 0.29) is 52.8 Å². The summed E-state index contributed by atoms with van der Waals surface area (Å²) in [5.74, 6) is -1.01. The molecule has 0 heterocycles. The van der Waals surface area contributed by atoms with Crippen molar-refractivity contribution in [2.75, 3.05) is 13.7 Å². The number of benzene rings is 2. The Hall–Kier alpha value is -2.90. The van der Waals surface area contributed by atoms with Gasteiger partial charge in [-0.1, -0.05) is 45.4 Å². The number of hydrogen-bond acceptors (Lipinski definition) is 7. The van der Waals surface area contributed by atoms with Crippen LogP contribution in [0.1, 0.15) is 60.4 Å². The zero-order valence-electron chi connectivity index (χ0n) is 19.8. The van der Waals surface area contributed by atoms with Gasteiger partial charge in [0.25, 0.3) is 0 Å². The second kappa shape index (κ2) is 11.8. The van der Waals surface area contributed by atoms with E-state index in [1.807, 2.05) is 27.7 Å². The smallest absolute Gasteiger partial charge is 0.345 e. The summed E-state index contributed by atoms with van der Waals surface area (Å²) in [7, 11) is 1.46. The minimum atomic E-state index is -0.750. The van der Waals surface area contributed by atoms with Crippen LogP contribution in [-0.4, -0.2) is 37.4 Å². The van der Waals surface area contributed by atoms with Crippen LogP contribution in [0, 0.1) is 12.8 Å². The van der Waals surface area contributed by atoms with Gasteiger partial charge >= 0.3 is 11.9 Å². The number of ether oxygens (including phenoxy) is 3. The Morgan fingerprint density at radius 3 is 2.30 bits per heavy atom. The minimum Gasteiger partial charge on any atom is -0.495 e. The van der Waals surface area contributed by atoms with Crippen LogP contribution in [0.5, 0.6) is 17.2 Å². The molecule has 178 valence electrons. The summed E-state index contributed by atoms with van der Waals surface area (Å²) < 4.78 is 16.2. The van der Waals surface area contributed by atoms with Crippen molar-refractivity contribution in [2.24, 2.45) is 5.92 Å². The lowest BCUT2D eigenvalue weighted by Crippen LogP contribution is -2.29. The minimum absolute atomic E-state index is 0.00100. The molecule has 0 bridgehead atoms. The average Bonchev–Trinajstić information content (AvgIpc) is 2.72. The van der Waals surface area contributed by atoms with Crippen LogP contribution in [0.15, 0.2) is 30.3 Å². The van der Waals surface area contributed by atoms with Crippen molar-refractivity contribution in [1.29, 1.82) is 0 Å². The highest BCUT2D eigenvalue weighted by Crippen LogP contribution is 2.34. The van der Waals surface area contributed by atoms with Crippen molar-refractivity contribution in [1.82, 2.24) is 5.32 Å². The third-order valence-electron chi connectivity index (χ3n) is 4.66. The number of esters is 2. The van der Waals surface area contributed by atoms with E-state index in [0.29, 0.717) is 11.3 Å². The highest BCUT2D eigenvalue weighted by molar-refractivity contribution is 6.35. The maximum absolute atomic E-state index is 12.8. The van der Waals surface area contributed by atoms with Gasteiger partial charge in [0.15, 0.2) is 17.3 Å². The van der Waals surface area contributed by atoms with Crippen LogP contribution in [0.3, 0.4) is 0 Å². The van der Waals surface area contributed by atoms with E-state index in [4.69, 9.17) is 25.8 Å². The van der Waals surface area contributed by atoms with Gasteiger partial charge in [0, 0.05) is 18.0 Å². The molecule has 0 aliphatic heterocycles. The molecule has 0 saturated carbocycles. The van der Waals surface area contributed by atoms with Gasteiger partial charge in [0.05, 0.1) is 24.2 Å². The molecule has 2 rings (SSSR count). The van der Waals surface area contributed by atoms with Crippen LogP contribution in [-0.2, 0) is 4.79 Å². The molecule has 1 N–H and O–H groups in total. The van der Waals surface area contributed by atoms with E-state index < -0.39 is 11.9 Å². The molecular weight excluding hydrogens is 446 g/mol. The van der Waals surface area contributed by atoms with Crippen LogP contribution in [0.25, 0.3) is 0 Å². The van der Waals surface area contributed by atoms with E-state index in [1.165, 1.54) is 31.4 Å². The Balaban J connectivity index is 2.37. The van der Waals surface area contributed by atoms with Gasteiger partial charge in [-0.3, -0.25) is 9.59 Å².